The number of nitriles is 2. The normalized spacial score (nSPS) is 9.11. The van der Waals surface area contributed by atoms with E-state index in [9.17, 15) is 0 Å². The van der Waals surface area contributed by atoms with Crippen LogP contribution in [0, 0.1) is 29.6 Å². The lowest BCUT2D eigenvalue weighted by atomic mass is 10.1. The van der Waals surface area contributed by atoms with E-state index in [2.05, 4.69) is 36.2 Å². The Balaban J connectivity index is 3.12. The van der Waals surface area contributed by atoms with E-state index >= 15 is 0 Å². The van der Waals surface area contributed by atoms with Crippen LogP contribution in [0.1, 0.15) is 19.4 Å². The fraction of sp³-hybridized carbons (Fsp3) is 0.333. The summed E-state index contributed by atoms with van der Waals surface area (Å²) < 4.78 is 0. The Labute approximate surface area is 114 Å². The van der Waals surface area contributed by atoms with Crippen LogP contribution in [0.3, 0.4) is 0 Å². The van der Waals surface area contributed by atoms with Gasteiger partial charge in [-0.2, -0.15) is 10.5 Å². The van der Waals surface area contributed by atoms with Crippen molar-refractivity contribution in [1.82, 2.24) is 0 Å². The maximum Gasteiger partial charge on any atom is 0.145 e. The summed E-state index contributed by atoms with van der Waals surface area (Å²) in [6, 6.07) is 9.79. The molecule has 1 aromatic rings. The van der Waals surface area contributed by atoms with Crippen molar-refractivity contribution >= 4 is 11.4 Å². The second-order valence-corrected chi connectivity index (χ2v) is 4.12. The van der Waals surface area contributed by atoms with Crippen LogP contribution in [-0.4, -0.2) is 13.1 Å². The van der Waals surface area contributed by atoms with Crippen molar-refractivity contribution in [2.24, 2.45) is 0 Å². The maximum atomic E-state index is 8.74. The molecule has 0 heterocycles. The van der Waals surface area contributed by atoms with Gasteiger partial charge in [-0.25, -0.2) is 0 Å². The highest BCUT2D eigenvalue weighted by Gasteiger charge is 2.07. The van der Waals surface area contributed by atoms with Gasteiger partial charge in [0.15, 0.2) is 0 Å². The van der Waals surface area contributed by atoms with Gasteiger partial charge in [0.25, 0.3) is 0 Å². The van der Waals surface area contributed by atoms with Crippen LogP contribution in [0.25, 0.3) is 0 Å². The van der Waals surface area contributed by atoms with Gasteiger partial charge in [0.1, 0.15) is 17.7 Å². The first-order valence-corrected chi connectivity index (χ1v) is 6.28. The Morgan fingerprint density at radius 2 is 1.89 bits per heavy atom. The molecule has 0 fully saturated rings. The van der Waals surface area contributed by atoms with Gasteiger partial charge in [-0.3, -0.25) is 0 Å². The molecule has 1 N–H and O–H groups in total. The minimum Gasteiger partial charge on any atom is -0.370 e. The summed E-state index contributed by atoms with van der Waals surface area (Å²) in [4.78, 5) is 2.22. The molecule has 0 unspecified atom stereocenters. The van der Waals surface area contributed by atoms with Crippen molar-refractivity contribution in [3.05, 3.63) is 35.5 Å². The van der Waals surface area contributed by atoms with Gasteiger partial charge < -0.3 is 10.2 Å². The lowest BCUT2D eigenvalue weighted by Crippen LogP contribution is -2.22. The van der Waals surface area contributed by atoms with E-state index in [-0.39, 0.29) is 5.57 Å². The molecule has 0 saturated heterocycles. The molecule has 0 bridgehead atoms. The number of allylic oxidation sites excluding steroid dienone is 1. The minimum absolute atomic E-state index is 0.0620. The average Bonchev–Trinajstić information content (AvgIpc) is 2.43. The highest BCUT2D eigenvalue weighted by molar-refractivity contribution is 5.72. The Hall–Kier alpha value is -2.46. The van der Waals surface area contributed by atoms with Crippen LogP contribution in [-0.2, 0) is 0 Å². The first-order chi connectivity index (χ1) is 9.15. The minimum atomic E-state index is 0.0620. The fourth-order valence-corrected chi connectivity index (χ4v) is 1.85. The van der Waals surface area contributed by atoms with E-state index in [1.807, 2.05) is 25.1 Å². The second kappa shape index (κ2) is 7.08. The average molecular weight is 254 g/mol. The van der Waals surface area contributed by atoms with Crippen LogP contribution in [0.2, 0.25) is 0 Å². The molecule has 4 nitrogen and oxygen atoms in total. The van der Waals surface area contributed by atoms with E-state index in [4.69, 9.17) is 10.5 Å². The van der Waals surface area contributed by atoms with Crippen molar-refractivity contribution in [2.45, 2.75) is 20.8 Å². The molecule has 0 radical (unpaired) electrons. The van der Waals surface area contributed by atoms with Crippen LogP contribution < -0.4 is 10.2 Å². The number of hydrogen-bond acceptors (Lipinski definition) is 4. The molecule has 4 heteroatoms. The Morgan fingerprint density at radius 3 is 2.42 bits per heavy atom. The summed E-state index contributed by atoms with van der Waals surface area (Å²) in [5.41, 5.74) is 3.17. The Bertz CT molecular complexity index is 526. The van der Waals surface area contributed by atoms with E-state index in [0.29, 0.717) is 0 Å². The SMILES string of the molecule is CCN(CC)c1ccc(C)cc1NC=C(C#N)C#N. The van der Waals surface area contributed by atoms with Gasteiger partial charge in [-0.15, -0.1) is 0 Å². The summed E-state index contributed by atoms with van der Waals surface area (Å²) in [7, 11) is 0. The lowest BCUT2D eigenvalue weighted by molar-refractivity contribution is 0.867. The topological polar surface area (TPSA) is 62.9 Å². The highest BCUT2D eigenvalue weighted by Crippen LogP contribution is 2.27. The zero-order chi connectivity index (χ0) is 14.3. The molecule has 1 aromatic carbocycles. The number of hydrogen-bond donors (Lipinski definition) is 1. The molecular formula is C15H18N4. The molecule has 0 spiro atoms. The van der Waals surface area contributed by atoms with Crippen LogP contribution in [0.5, 0.6) is 0 Å². The number of nitrogens with one attached hydrogen (secondary N) is 1. The third kappa shape index (κ3) is 3.76. The summed E-state index contributed by atoms with van der Waals surface area (Å²) in [5.74, 6) is 0. The van der Waals surface area contributed by atoms with Gasteiger partial charge >= 0.3 is 0 Å². The molecular weight excluding hydrogens is 236 g/mol. The number of benzene rings is 1. The van der Waals surface area contributed by atoms with Gasteiger partial charge in [0, 0.05) is 19.3 Å². The Kier molecular flexibility index (Phi) is 5.44. The van der Waals surface area contributed by atoms with Crippen LogP contribution in [0.15, 0.2) is 30.0 Å². The van der Waals surface area contributed by atoms with Gasteiger partial charge in [0.2, 0.25) is 0 Å². The molecule has 0 aromatic heterocycles. The van der Waals surface area contributed by atoms with E-state index in [1.54, 1.807) is 0 Å². The summed E-state index contributed by atoms with van der Waals surface area (Å²) in [6.07, 6.45) is 1.45. The molecule has 0 aliphatic carbocycles. The van der Waals surface area contributed by atoms with E-state index in [1.165, 1.54) is 6.20 Å². The van der Waals surface area contributed by atoms with Crippen molar-refractivity contribution in [3.8, 4) is 12.1 Å². The summed E-state index contributed by atoms with van der Waals surface area (Å²) >= 11 is 0. The number of anilines is 2. The molecule has 19 heavy (non-hydrogen) atoms. The molecule has 0 saturated carbocycles. The van der Waals surface area contributed by atoms with Crippen LogP contribution >= 0.6 is 0 Å². The second-order valence-electron chi connectivity index (χ2n) is 4.12. The monoisotopic (exact) mass is 254 g/mol. The third-order valence-electron chi connectivity index (χ3n) is 2.87. The molecule has 98 valence electrons. The molecule has 0 aliphatic heterocycles. The zero-order valence-corrected chi connectivity index (χ0v) is 11.6. The van der Waals surface area contributed by atoms with Gasteiger partial charge in [-0.1, -0.05) is 6.07 Å². The predicted octanol–water partition coefficient (Wildman–Crippen LogP) is 3.18. The first kappa shape index (κ1) is 14.6. The maximum absolute atomic E-state index is 8.74. The van der Waals surface area contributed by atoms with Crippen LogP contribution in [0.4, 0.5) is 11.4 Å². The van der Waals surface area contributed by atoms with Crippen molar-refractivity contribution in [2.75, 3.05) is 23.3 Å². The standard InChI is InChI=1S/C15H18N4/c1-4-19(5-2)15-7-6-12(3)8-14(15)18-11-13(9-16)10-17/h6-8,11,18H,4-5H2,1-3H3. The lowest BCUT2D eigenvalue weighted by Gasteiger charge is -2.24. The highest BCUT2D eigenvalue weighted by atomic mass is 15.1. The van der Waals surface area contributed by atoms with Crippen molar-refractivity contribution in [1.29, 1.82) is 10.5 Å². The van der Waals surface area contributed by atoms with Gasteiger partial charge in [0.05, 0.1) is 11.4 Å². The molecule has 0 aliphatic rings. The largest absolute Gasteiger partial charge is 0.370 e. The number of rotatable bonds is 5. The fourth-order valence-electron chi connectivity index (χ4n) is 1.85. The van der Waals surface area contributed by atoms with E-state index < -0.39 is 0 Å². The zero-order valence-electron chi connectivity index (χ0n) is 11.6. The molecule has 0 amide bonds. The predicted molar refractivity (Wildman–Crippen MR) is 77.7 cm³/mol. The summed E-state index contributed by atoms with van der Waals surface area (Å²) in [5, 5.41) is 20.5. The smallest absolute Gasteiger partial charge is 0.145 e. The third-order valence-corrected chi connectivity index (χ3v) is 2.87. The number of aryl methyl sites for hydroxylation is 1. The van der Waals surface area contributed by atoms with E-state index in [0.717, 1.165) is 30.0 Å². The van der Waals surface area contributed by atoms with Crippen molar-refractivity contribution in [3.63, 3.8) is 0 Å². The molecule has 1 rings (SSSR count). The summed E-state index contributed by atoms with van der Waals surface area (Å²) in [6.45, 7) is 8.01. The Morgan fingerprint density at radius 1 is 1.26 bits per heavy atom. The quantitative estimate of drug-likeness (QED) is 0.820. The van der Waals surface area contributed by atoms with Gasteiger partial charge in [-0.05, 0) is 38.5 Å². The van der Waals surface area contributed by atoms with Crippen molar-refractivity contribution < 1.29 is 0 Å². The molecule has 0 atom stereocenters. The first-order valence-electron chi connectivity index (χ1n) is 6.28. The number of nitrogens with zero attached hydrogens (tertiary/aromatic N) is 3.